The molecular weight excluding hydrogens is 331 g/mol. The number of carbonyl (C=O) groups is 1. The van der Waals surface area contributed by atoms with Gasteiger partial charge in [0.1, 0.15) is 5.25 Å². The highest BCUT2D eigenvalue weighted by atomic mass is 32.3. The molecule has 0 aromatic heterocycles. The van der Waals surface area contributed by atoms with Gasteiger partial charge in [0.2, 0.25) is 5.91 Å². The quantitative estimate of drug-likeness (QED) is 0.679. The summed E-state index contributed by atoms with van der Waals surface area (Å²) in [6.45, 7) is -0.144. The van der Waals surface area contributed by atoms with Crippen LogP contribution in [0.4, 0.5) is 15.3 Å². The predicted molar refractivity (Wildman–Crippen MR) is 90.9 cm³/mol. The molecule has 1 aliphatic heterocycles. The second-order valence-electron chi connectivity index (χ2n) is 5.89. The van der Waals surface area contributed by atoms with E-state index >= 15 is 0 Å². The van der Waals surface area contributed by atoms with Crippen molar-refractivity contribution in [2.45, 2.75) is 18.1 Å². The number of rotatable bonds is 4. The number of nitrogen functional groups attached to an aromatic ring is 1. The van der Waals surface area contributed by atoms with Crippen molar-refractivity contribution in [3.05, 3.63) is 59.7 Å². The fourth-order valence-electron chi connectivity index (χ4n) is 2.78. The Balaban J connectivity index is 1.73. The number of nitrogens with zero attached hydrogens (tertiary/aromatic N) is 1. The topological polar surface area (TPSA) is 80.5 Å². The van der Waals surface area contributed by atoms with Gasteiger partial charge in [-0.05, 0) is 41.8 Å². The maximum Gasteiger partial charge on any atom is 0.307 e. The molecule has 1 amide bonds. The second kappa shape index (κ2) is 6.24. The number of carbonyl (C=O) groups excluding carboxylic acids is 1. The van der Waals surface area contributed by atoms with E-state index in [1.54, 1.807) is 12.1 Å². The van der Waals surface area contributed by atoms with Gasteiger partial charge in [-0.25, -0.2) is 0 Å². The van der Waals surface area contributed by atoms with E-state index in [-0.39, 0.29) is 18.9 Å². The van der Waals surface area contributed by atoms with Crippen LogP contribution in [0.15, 0.2) is 48.5 Å². The Morgan fingerprint density at radius 3 is 2.08 bits per heavy atom. The van der Waals surface area contributed by atoms with Crippen molar-refractivity contribution in [1.82, 2.24) is 0 Å². The molecule has 1 saturated heterocycles. The van der Waals surface area contributed by atoms with E-state index in [4.69, 9.17) is 5.73 Å². The summed E-state index contributed by atoms with van der Waals surface area (Å²) in [7, 11) is -4.70. The SMILES string of the molecule is Nc1ccc(Cc2ccc(N3CC(S(=O)(=O)F)CC3=O)cc2)cc1. The molecule has 0 aliphatic carbocycles. The van der Waals surface area contributed by atoms with Crippen molar-refractivity contribution >= 4 is 27.5 Å². The van der Waals surface area contributed by atoms with Gasteiger partial charge in [0.15, 0.2) is 0 Å². The Bertz CT molecular complexity index is 848. The van der Waals surface area contributed by atoms with Crippen molar-refractivity contribution in [3.8, 4) is 0 Å². The van der Waals surface area contributed by atoms with E-state index in [1.807, 2.05) is 36.4 Å². The largest absolute Gasteiger partial charge is 0.399 e. The van der Waals surface area contributed by atoms with Crippen LogP contribution in [-0.2, 0) is 21.4 Å². The van der Waals surface area contributed by atoms with Crippen LogP contribution >= 0.6 is 0 Å². The molecule has 1 heterocycles. The number of amides is 1. The minimum absolute atomic E-state index is 0.144. The summed E-state index contributed by atoms with van der Waals surface area (Å²) in [5.41, 5.74) is 9.10. The van der Waals surface area contributed by atoms with E-state index in [1.165, 1.54) is 4.90 Å². The first-order valence-corrected chi connectivity index (χ1v) is 8.95. The molecule has 5 nitrogen and oxygen atoms in total. The molecule has 0 saturated carbocycles. The fraction of sp³-hybridized carbons (Fsp3) is 0.235. The molecule has 126 valence electrons. The molecule has 2 aromatic rings. The molecule has 1 fully saturated rings. The molecule has 24 heavy (non-hydrogen) atoms. The molecule has 1 aliphatic rings. The highest BCUT2D eigenvalue weighted by Crippen LogP contribution is 2.26. The summed E-state index contributed by atoms with van der Waals surface area (Å²) in [5, 5.41) is -1.28. The molecule has 2 aromatic carbocycles. The van der Waals surface area contributed by atoms with Crippen LogP contribution in [-0.4, -0.2) is 26.1 Å². The van der Waals surface area contributed by atoms with Gasteiger partial charge in [0.25, 0.3) is 0 Å². The van der Waals surface area contributed by atoms with Gasteiger partial charge in [0.05, 0.1) is 0 Å². The highest BCUT2D eigenvalue weighted by molar-refractivity contribution is 7.87. The van der Waals surface area contributed by atoms with Gasteiger partial charge in [-0.15, -0.1) is 3.89 Å². The maximum absolute atomic E-state index is 13.1. The van der Waals surface area contributed by atoms with Gasteiger partial charge in [-0.2, -0.15) is 8.42 Å². The van der Waals surface area contributed by atoms with Crippen LogP contribution in [0.25, 0.3) is 0 Å². The third-order valence-electron chi connectivity index (χ3n) is 4.12. The summed E-state index contributed by atoms with van der Waals surface area (Å²) < 4.78 is 35.0. The Kier molecular flexibility index (Phi) is 4.28. The summed E-state index contributed by atoms with van der Waals surface area (Å²) in [6, 6.07) is 14.8. The molecule has 0 radical (unpaired) electrons. The number of anilines is 2. The molecular formula is C17H17FN2O3S. The van der Waals surface area contributed by atoms with Gasteiger partial charge in [0, 0.05) is 24.3 Å². The third-order valence-corrected chi connectivity index (χ3v) is 5.24. The molecule has 0 spiro atoms. The second-order valence-corrected chi connectivity index (χ2v) is 7.51. The zero-order chi connectivity index (χ0) is 17.3. The Morgan fingerprint density at radius 1 is 1.04 bits per heavy atom. The van der Waals surface area contributed by atoms with Crippen LogP contribution in [0.2, 0.25) is 0 Å². The van der Waals surface area contributed by atoms with E-state index in [0.717, 1.165) is 17.5 Å². The molecule has 2 N–H and O–H groups in total. The highest BCUT2D eigenvalue weighted by Gasteiger charge is 2.38. The molecule has 1 atom stereocenters. The summed E-state index contributed by atoms with van der Waals surface area (Å²) in [6.07, 6.45) is 0.405. The molecule has 1 unspecified atom stereocenters. The van der Waals surface area contributed by atoms with Crippen molar-refractivity contribution in [3.63, 3.8) is 0 Å². The van der Waals surface area contributed by atoms with Gasteiger partial charge in [-0.3, -0.25) is 4.79 Å². The minimum atomic E-state index is -4.70. The Labute approximate surface area is 140 Å². The lowest BCUT2D eigenvalue weighted by Crippen LogP contribution is -2.26. The minimum Gasteiger partial charge on any atom is -0.399 e. The van der Waals surface area contributed by atoms with Crippen LogP contribution < -0.4 is 10.6 Å². The average molecular weight is 348 g/mol. The van der Waals surface area contributed by atoms with Crippen molar-refractivity contribution in [2.75, 3.05) is 17.2 Å². The third kappa shape index (κ3) is 3.56. The lowest BCUT2D eigenvalue weighted by Gasteiger charge is -2.16. The van der Waals surface area contributed by atoms with E-state index in [9.17, 15) is 17.1 Å². The standard InChI is InChI=1S/C17H17FN2O3S/c18-24(22,23)16-10-17(21)20(11-16)15-7-3-13(4-8-15)9-12-1-5-14(19)6-2-12/h1-8,16H,9-11,19H2. The molecule has 3 rings (SSSR count). The monoisotopic (exact) mass is 348 g/mol. The number of hydrogen-bond donors (Lipinski definition) is 1. The van der Waals surface area contributed by atoms with Crippen LogP contribution in [0.3, 0.4) is 0 Å². The summed E-state index contributed by atoms with van der Waals surface area (Å²) in [4.78, 5) is 13.2. The van der Waals surface area contributed by atoms with Gasteiger partial charge >= 0.3 is 10.2 Å². The average Bonchev–Trinajstić information content (AvgIpc) is 2.93. The smallest absolute Gasteiger partial charge is 0.307 e. The normalized spacial score (nSPS) is 18.1. The zero-order valence-electron chi connectivity index (χ0n) is 12.9. The summed E-state index contributed by atoms with van der Waals surface area (Å²) in [5.74, 6) is -0.382. The number of nitrogens with two attached hydrogens (primary N) is 1. The van der Waals surface area contributed by atoms with E-state index < -0.39 is 15.5 Å². The Hall–Kier alpha value is -2.41. The fourth-order valence-corrected chi connectivity index (χ4v) is 3.45. The first kappa shape index (κ1) is 16.4. The van der Waals surface area contributed by atoms with Crippen molar-refractivity contribution < 1.29 is 17.1 Å². The van der Waals surface area contributed by atoms with Crippen molar-refractivity contribution in [1.29, 1.82) is 0 Å². The van der Waals surface area contributed by atoms with Crippen LogP contribution in [0, 0.1) is 0 Å². The molecule has 0 bridgehead atoms. The number of benzene rings is 2. The zero-order valence-corrected chi connectivity index (χ0v) is 13.7. The maximum atomic E-state index is 13.1. The summed E-state index contributed by atoms with van der Waals surface area (Å²) >= 11 is 0. The van der Waals surface area contributed by atoms with Crippen LogP contribution in [0.1, 0.15) is 17.5 Å². The first-order chi connectivity index (χ1) is 11.3. The van der Waals surface area contributed by atoms with Gasteiger partial charge < -0.3 is 10.6 Å². The first-order valence-electron chi connectivity index (χ1n) is 7.50. The van der Waals surface area contributed by atoms with Crippen molar-refractivity contribution in [2.24, 2.45) is 0 Å². The lowest BCUT2D eigenvalue weighted by molar-refractivity contribution is -0.117. The predicted octanol–water partition coefficient (Wildman–Crippen LogP) is 2.26. The Morgan fingerprint density at radius 2 is 1.58 bits per heavy atom. The van der Waals surface area contributed by atoms with E-state index in [2.05, 4.69) is 0 Å². The van der Waals surface area contributed by atoms with Gasteiger partial charge in [-0.1, -0.05) is 24.3 Å². The lowest BCUT2D eigenvalue weighted by atomic mass is 10.0. The number of halogens is 1. The van der Waals surface area contributed by atoms with Crippen LogP contribution in [0.5, 0.6) is 0 Å². The number of hydrogen-bond acceptors (Lipinski definition) is 4. The van der Waals surface area contributed by atoms with E-state index in [0.29, 0.717) is 11.4 Å². The molecule has 7 heteroatoms.